The van der Waals surface area contributed by atoms with Crippen LogP contribution < -0.4 is 5.32 Å². The van der Waals surface area contributed by atoms with Gasteiger partial charge in [0.25, 0.3) is 0 Å². The first kappa shape index (κ1) is 15.2. The molecule has 0 atom stereocenters. The first-order chi connectivity index (χ1) is 11.1. The summed E-state index contributed by atoms with van der Waals surface area (Å²) in [5.41, 5.74) is 0.935. The second-order valence-corrected chi connectivity index (χ2v) is 5.76. The summed E-state index contributed by atoms with van der Waals surface area (Å²) in [7, 11) is 0. The second kappa shape index (κ2) is 6.60. The van der Waals surface area contributed by atoms with E-state index in [9.17, 15) is 4.79 Å². The van der Waals surface area contributed by atoms with Gasteiger partial charge in [-0.25, -0.2) is 0 Å². The minimum atomic E-state index is -0.00934. The van der Waals surface area contributed by atoms with Gasteiger partial charge in [-0.3, -0.25) is 4.79 Å². The lowest BCUT2D eigenvalue weighted by Crippen LogP contribution is -2.30. The molecule has 5 nitrogen and oxygen atoms in total. The molecular formula is C18H19N3O2. The zero-order valence-corrected chi connectivity index (χ0v) is 13.2. The van der Waals surface area contributed by atoms with Gasteiger partial charge in [0.1, 0.15) is 0 Å². The smallest absolute Gasteiger partial charge is 0.227 e. The van der Waals surface area contributed by atoms with Crippen LogP contribution in [0.1, 0.15) is 26.2 Å². The molecule has 5 heteroatoms. The molecule has 3 rings (SSSR count). The summed E-state index contributed by atoms with van der Waals surface area (Å²) in [6.45, 7) is 3.87. The molecule has 23 heavy (non-hydrogen) atoms. The normalized spacial score (nSPS) is 11.1. The Morgan fingerprint density at radius 1 is 1.17 bits per heavy atom. The zero-order chi connectivity index (χ0) is 16.2. The third kappa shape index (κ3) is 3.56. The van der Waals surface area contributed by atoms with Crippen LogP contribution in [0.15, 0.2) is 47.0 Å². The molecular weight excluding hydrogens is 290 g/mol. The van der Waals surface area contributed by atoms with Crippen LogP contribution in [0.25, 0.3) is 22.2 Å². The van der Waals surface area contributed by atoms with E-state index in [2.05, 4.69) is 27.6 Å². The molecule has 0 aliphatic heterocycles. The van der Waals surface area contributed by atoms with Crippen LogP contribution in [0.5, 0.6) is 0 Å². The Balaban J connectivity index is 1.77. The van der Waals surface area contributed by atoms with Crippen molar-refractivity contribution in [3.63, 3.8) is 0 Å². The molecule has 1 N–H and O–H groups in total. The lowest BCUT2D eigenvalue weighted by Gasteiger charge is -2.06. The Labute approximate surface area is 134 Å². The number of hydrogen-bond acceptors (Lipinski definition) is 4. The summed E-state index contributed by atoms with van der Waals surface area (Å²) in [5.74, 6) is 1.03. The van der Waals surface area contributed by atoms with E-state index in [4.69, 9.17) is 4.52 Å². The van der Waals surface area contributed by atoms with Crippen molar-refractivity contribution in [1.29, 1.82) is 0 Å². The third-order valence-electron chi connectivity index (χ3n) is 3.51. The van der Waals surface area contributed by atoms with Gasteiger partial charge >= 0.3 is 0 Å². The number of fused-ring (bicyclic) bond motifs is 1. The average Bonchev–Trinajstić information content (AvgIpc) is 3.00. The van der Waals surface area contributed by atoms with Crippen LogP contribution in [-0.4, -0.2) is 22.1 Å². The fraction of sp³-hybridized carbons (Fsp3) is 0.278. The van der Waals surface area contributed by atoms with Crippen molar-refractivity contribution in [3.8, 4) is 11.4 Å². The van der Waals surface area contributed by atoms with E-state index in [0.29, 0.717) is 24.6 Å². The molecule has 0 fully saturated rings. The van der Waals surface area contributed by atoms with Gasteiger partial charge in [0.05, 0.1) is 0 Å². The standard InChI is InChI=1S/C18H19N3O2/c1-12(2)19-16(22)10-11-17-20-18(21-23-17)15-9-5-7-13-6-3-4-8-14(13)15/h3-9,12H,10-11H2,1-2H3,(H,19,22). The first-order valence-electron chi connectivity index (χ1n) is 7.73. The van der Waals surface area contributed by atoms with E-state index in [0.717, 1.165) is 16.3 Å². The average molecular weight is 309 g/mol. The van der Waals surface area contributed by atoms with Gasteiger partial charge < -0.3 is 9.84 Å². The lowest BCUT2D eigenvalue weighted by molar-refractivity contribution is -0.121. The van der Waals surface area contributed by atoms with Gasteiger partial charge in [-0.15, -0.1) is 0 Å². The van der Waals surface area contributed by atoms with Crippen molar-refractivity contribution in [2.45, 2.75) is 32.7 Å². The summed E-state index contributed by atoms with van der Waals surface area (Å²) in [6.07, 6.45) is 0.783. The predicted molar refractivity (Wildman–Crippen MR) is 88.8 cm³/mol. The maximum Gasteiger partial charge on any atom is 0.227 e. The van der Waals surface area contributed by atoms with Gasteiger partial charge in [0, 0.05) is 24.4 Å². The topological polar surface area (TPSA) is 68.0 Å². The van der Waals surface area contributed by atoms with Crippen LogP contribution >= 0.6 is 0 Å². The van der Waals surface area contributed by atoms with E-state index >= 15 is 0 Å². The molecule has 0 unspecified atom stereocenters. The van der Waals surface area contributed by atoms with E-state index < -0.39 is 0 Å². The van der Waals surface area contributed by atoms with Crippen molar-refractivity contribution >= 4 is 16.7 Å². The maximum atomic E-state index is 11.7. The molecule has 0 spiro atoms. The van der Waals surface area contributed by atoms with Crippen molar-refractivity contribution in [2.24, 2.45) is 0 Å². The summed E-state index contributed by atoms with van der Waals surface area (Å²) in [6, 6.07) is 14.2. The molecule has 2 aromatic carbocycles. The Hall–Kier alpha value is -2.69. The van der Waals surface area contributed by atoms with E-state index in [-0.39, 0.29) is 11.9 Å². The van der Waals surface area contributed by atoms with Crippen molar-refractivity contribution in [3.05, 3.63) is 48.4 Å². The molecule has 0 aliphatic rings. The lowest BCUT2D eigenvalue weighted by atomic mass is 10.0. The van der Waals surface area contributed by atoms with Crippen molar-refractivity contribution in [2.75, 3.05) is 0 Å². The molecule has 0 aliphatic carbocycles. The Bertz CT molecular complexity index is 819. The second-order valence-electron chi connectivity index (χ2n) is 5.76. The predicted octanol–water partition coefficient (Wildman–Crippen LogP) is 3.35. The fourth-order valence-corrected chi connectivity index (χ4v) is 2.50. The highest BCUT2D eigenvalue weighted by Crippen LogP contribution is 2.26. The minimum absolute atomic E-state index is 0.00934. The SMILES string of the molecule is CC(C)NC(=O)CCc1nc(-c2cccc3ccccc23)no1. The van der Waals surface area contributed by atoms with E-state index in [1.807, 2.05) is 44.2 Å². The number of aryl methyl sites for hydroxylation is 1. The number of benzene rings is 2. The molecule has 0 saturated carbocycles. The summed E-state index contributed by atoms with van der Waals surface area (Å²) < 4.78 is 5.28. The summed E-state index contributed by atoms with van der Waals surface area (Å²) in [4.78, 5) is 16.1. The monoisotopic (exact) mass is 309 g/mol. The van der Waals surface area contributed by atoms with Crippen molar-refractivity contribution < 1.29 is 9.32 Å². The number of rotatable bonds is 5. The third-order valence-corrected chi connectivity index (χ3v) is 3.51. The highest BCUT2D eigenvalue weighted by Gasteiger charge is 2.13. The number of carbonyl (C=O) groups excluding carboxylic acids is 1. The molecule has 1 aromatic heterocycles. The number of nitrogens with zero attached hydrogens (tertiary/aromatic N) is 2. The highest BCUT2D eigenvalue weighted by atomic mass is 16.5. The number of aromatic nitrogens is 2. The van der Waals surface area contributed by atoms with Gasteiger partial charge in [0.15, 0.2) is 0 Å². The van der Waals surface area contributed by atoms with Gasteiger partial charge in [-0.1, -0.05) is 47.6 Å². The molecule has 118 valence electrons. The molecule has 1 amide bonds. The zero-order valence-electron chi connectivity index (χ0n) is 13.2. The van der Waals surface area contributed by atoms with E-state index in [1.54, 1.807) is 0 Å². The molecule has 1 heterocycles. The van der Waals surface area contributed by atoms with Crippen LogP contribution in [0.2, 0.25) is 0 Å². The molecule has 0 radical (unpaired) electrons. The van der Waals surface area contributed by atoms with Crippen LogP contribution in [0.3, 0.4) is 0 Å². The van der Waals surface area contributed by atoms with Crippen LogP contribution in [-0.2, 0) is 11.2 Å². The van der Waals surface area contributed by atoms with Crippen LogP contribution in [0.4, 0.5) is 0 Å². The van der Waals surface area contributed by atoms with Gasteiger partial charge in [-0.2, -0.15) is 4.98 Å². The molecule has 0 saturated heterocycles. The summed E-state index contributed by atoms with van der Waals surface area (Å²) in [5, 5.41) is 9.12. The Morgan fingerprint density at radius 3 is 2.78 bits per heavy atom. The van der Waals surface area contributed by atoms with Crippen molar-refractivity contribution in [1.82, 2.24) is 15.5 Å². The maximum absolute atomic E-state index is 11.7. The quantitative estimate of drug-likeness (QED) is 0.785. The van der Waals surface area contributed by atoms with Crippen LogP contribution in [0, 0.1) is 0 Å². The Morgan fingerprint density at radius 2 is 1.96 bits per heavy atom. The van der Waals surface area contributed by atoms with Gasteiger partial charge in [-0.05, 0) is 24.6 Å². The number of amides is 1. The number of hydrogen-bond donors (Lipinski definition) is 1. The largest absolute Gasteiger partial charge is 0.354 e. The highest BCUT2D eigenvalue weighted by molar-refractivity contribution is 5.94. The minimum Gasteiger partial charge on any atom is -0.354 e. The Kier molecular flexibility index (Phi) is 4.37. The van der Waals surface area contributed by atoms with E-state index in [1.165, 1.54) is 0 Å². The number of carbonyl (C=O) groups is 1. The number of nitrogens with one attached hydrogen (secondary N) is 1. The fourth-order valence-electron chi connectivity index (χ4n) is 2.50. The van der Waals surface area contributed by atoms with Gasteiger partial charge in [0.2, 0.25) is 17.6 Å². The molecule has 3 aromatic rings. The first-order valence-corrected chi connectivity index (χ1v) is 7.73. The molecule has 0 bridgehead atoms. The summed E-state index contributed by atoms with van der Waals surface area (Å²) >= 11 is 0.